The molecular weight excluding hydrogens is 563 g/mol. The van der Waals surface area contributed by atoms with Crippen molar-refractivity contribution in [3.63, 3.8) is 0 Å². The quantitative estimate of drug-likeness (QED) is 0.166. The molecule has 1 N–H and O–H groups in total. The molecule has 7 nitrogen and oxygen atoms in total. The summed E-state index contributed by atoms with van der Waals surface area (Å²) in [5.74, 6) is -1.27. The molecule has 0 spiro atoms. The normalized spacial score (nSPS) is 14.3. The number of carbonyl (C=O) groups is 2. The van der Waals surface area contributed by atoms with Crippen molar-refractivity contribution in [3.8, 4) is 17.5 Å². The minimum atomic E-state index is -0.647. The number of ether oxygens (including phenoxy) is 1. The van der Waals surface area contributed by atoms with Crippen molar-refractivity contribution in [1.29, 1.82) is 5.26 Å². The molecule has 1 saturated heterocycles. The molecule has 0 aliphatic carbocycles. The third-order valence-electron chi connectivity index (χ3n) is 6.66. The van der Waals surface area contributed by atoms with E-state index in [2.05, 4.69) is 11.4 Å². The van der Waals surface area contributed by atoms with Crippen LogP contribution in [0.15, 0.2) is 78.4 Å². The van der Waals surface area contributed by atoms with E-state index in [0.717, 1.165) is 33.6 Å². The van der Waals surface area contributed by atoms with Gasteiger partial charge in [-0.15, -0.1) is 0 Å². The first-order valence-electron chi connectivity index (χ1n) is 12.4. The Morgan fingerprint density at radius 1 is 1.05 bits per heavy atom. The fraction of sp³-hybridized carbons (Fsp3) is 0.0968. The molecule has 1 fully saturated rings. The molecule has 10 heteroatoms. The standard InChI is InChI=1S/C31H22ClFN4O3S/c1-18-13-22(14-26-29(38)35-31(41)37(30(26)39)24-9-12-28(33)27(32)15-24)19(2)36(18)23-7-10-25(11-8-23)40-17-21-6-4-3-5-20(21)16-34/h3-15H,17H2,1-2H3,(H,35,38,41)/b26-14+. The molecule has 1 aromatic heterocycles. The maximum atomic E-state index is 13.7. The summed E-state index contributed by atoms with van der Waals surface area (Å²) in [4.78, 5) is 27.3. The van der Waals surface area contributed by atoms with Gasteiger partial charge in [0.15, 0.2) is 5.11 Å². The maximum absolute atomic E-state index is 13.7. The number of aromatic nitrogens is 1. The van der Waals surface area contributed by atoms with Crippen molar-refractivity contribution in [1.82, 2.24) is 9.88 Å². The summed E-state index contributed by atoms with van der Waals surface area (Å²) in [7, 11) is 0. The van der Waals surface area contributed by atoms with Gasteiger partial charge in [-0.05, 0) is 92.3 Å². The van der Waals surface area contributed by atoms with E-state index in [1.807, 2.05) is 66.9 Å². The number of nitriles is 1. The first-order valence-corrected chi connectivity index (χ1v) is 13.2. The minimum Gasteiger partial charge on any atom is -0.489 e. The van der Waals surface area contributed by atoms with E-state index in [0.29, 0.717) is 16.9 Å². The lowest BCUT2D eigenvalue weighted by Crippen LogP contribution is -2.54. The SMILES string of the molecule is Cc1cc(/C=C2\C(=O)NC(=S)N(c3ccc(F)c(Cl)c3)C2=O)c(C)n1-c1ccc(OCc2ccccc2C#N)cc1. The predicted octanol–water partition coefficient (Wildman–Crippen LogP) is 6.17. The van der Waals surface area contributed by atoms with Crippen LogP contribution in [-0.2, 0) is 16.2 Å². The summed E-state index contributed by atoms with van der Waals surface area (Å²) >= 11 is 11.1. The second-order valence-electron chi connectivity index (χ2n) is 9.27. The number of benzene rings is 3. The Labute approximate surface area is 246 Å². The first kappa shape index (κ1) is 27.8. The first-order chi connectivity index (χ1) is 19.7. The highest BCUT2D eigenvalue weighted by Gasteiger charge is 2.35. The number of carbonyl (C=O) groups excluding carboxylic acids is 2. The fourth-order valence-corrected chi connectivity index (χ4v) is 5.07. The van der Waals surface area contributed by atoms with Crippen molar-refractivity contribution in [2.75, 3.05) is 4.90 Å². The van der Waals surface area contributed by atoms with Crippen LogP contribution in [0.2, 0.25) is 5.02 Å². The smallest absolute Gasteiger partial charge is 0.270 e. The molecule has 2 amide bonds. The Morgan fingerprint density at radius 2 is 1.76 bits per heavy atom. The Balaban J connectivity index is 1.40. The molecule has 4 aromatic rings. The summed E-state index contributed by atoms with van der Waals surface area (Å²) in [6.07, 6.45) is 1.51. The number of halogens is 2. The topological polar surface area (TPSA) is 87.4 Å². The van der Waals surface area contributed by atoms with Gasteiger partial charge in [-0.25, -0.2) is 4.39 Å². The molecule has 204 valence electrons. The van der Waals surface area contributed by atoms with Crippen LogP contribution in [0.3, 0.4) is 0 Å². The Kier molecular flexibility index (Phi) is 7.70. The molecule has 0 unspecified atom stereocenters. The highest BCUT2D eigenvalue weighted by molar-refractivity contribution is 7.80. The molecular formula is C31H22ClFN4O3S. The molecule has 1 aliphatic heterocycles. The Morgan fingerprint density at radius 3 is 2.46 bits per heavy atom. The van der Waals surface area contributed by atoms with Gasteiger partial charge in [0.05, 0.1) is 22.3 Å². The highest BCUT2D eigenvalue weighted by atomic mass is 35.5. The zero-order valence-corrected chi connectivity index (χ0v) is 23.5. The van der Waals surface area contributed by atoms with E-state index < -0.39 is 17.6 Å². The molecule has 0 atom stereocenters. The summed E-state index contributed by atoms with van der Waals surface area (Å²) < 4.78 is 21.6. The highest BCUT2D eigenvalue weighted by Crippen LogP contribution is 2.29. The maximum Gasteiger partial charge on any atom is 0.270 e. The number of anilines is 1. The van der Waals surface area contributed by atoms with Crippen molar-refractivity contribution in [2.45, 2.75) is 20.5 Å². The molecule has 0 bridgehead atoms. The number of aryl methyl sites for hydroxylation is 1. The average Bonchev–Trinajstić information content (AvgIpc) is 3.24. The Bertz CT molecular complexity index is 1790. The lowest BCUT2D eigenvalue weighted by molar-refractivity contribution is -0.122. The summed E-state index contributed by atoms with van der Waals surface area (Å²) in [5, 5.41) is 11.5. The molecule has 41 heavy (non-hydrogen) atoms. The van der Waals surface area contributed by atoms with Crippen LogP contribution >= 0.6 is 23.8 Å². The van der Waals surface area contributed by atoms with E-state index in [9.17, 15) is 19.2 Å². The van der Waals surface area contributed by atoms with E-state index in [-0.39, 0.29) is 28.0 Å². The fourth-order valence-electron chi connectivity index (χ4n) is 4.61. The van der Waals surface area contributed by atoms with E-state index >= 15 is 0 Å². The van der Waals surface area contributed by atoms with E-state index in [1.54, 1.807) is 6.07 Å². The van der Waals surface area contributed by atoms with Crippen LogP contribution in [-0.4, -0.2) is 21.5 Å². The zero-order chi connectivity index (χ0) is 29.3. The number of thiocarbonyl (C=S) groups is 1. The summed E-state index contributed by atoms with van der Waals surface area (Å²) in [6, 6.07) is 22.6. The van der Waals surface area contributed by atoms with Crippen LogP contribution in [0, 0.1) is 31.0 Å². The number of rotatable bonds is 6. The van der Waals surface area contributed by atoms with Gasteiger partial charge in [0, 0.05) is 22.6 Å². The van der Waals surface area contributed by atoms with Gasteiger partial charge < -0.3 is 9.30 Å². The van der Waals surface area contributed by atoms with Crippen LogP contribution < -0.4 is 15.0 Å². The summed E-state index contributed by atoms with van der Waals surface area (Å²) in [6.45, 7) is 4.07. The lowest BCUT2D eigenvalue weighted by atomic mass is 10.1. The summed E-state index contributed by atoms with van der Waals surface area (Å²) in [5.41, 5.74) is 4.70. The number of hydrogen-bond acceptors (Lipinski definition) is 5. The van der Waals surface area contributed by atoms with E-state index in [1.165, 1.54) is 18.2 Å². The lowest BCUT2D eigenvalue weighted by Gasteiger charge is -2.29. The molecule has 0 saturated carbocycles. The largest absolute Gasteiger partial charge is 0.489 e. The zero-order valence-electron chi connectivity index (χ0n) is 21.9. The molecule has 5 rings (SSSR count). The van der Waals surface area contributed by atoms with Crippen molar-refractivity contribution >= 4 is 52.5 Å². The number of hydrogen-bond donors (Lipinski definition) is 1. The second-order valence-corrected chi connectivity index (χ2v) is 10.1. The number of nitrogens with zero attached hydrogens (tertiary/aromatic N) is 3. The molecule has 3 aromatic carbocycles. The van der Waals surface area contributed by atoms with Crippen molar-refractivity contribution in [2.24, 2.45) is 0 Å². The van der Waals surface area contributed by atoms with Crippen LogP contribution in [0.4, 0.5) is 10.1 Å². The van der Waals surface area contributed by atoms with Gasteiger partial charge in [0.25, 0.3) is 11.8 Å². The van der Waals surface area contributed by atoms with Gasteiger partial charge in [-0.3, -0.25) is 19.8 Å². The van der Waals surface area contributed by atoms with Crippen molar-refractivity contribution < 1.29 is 18.7 Å². The number of nitrogens with one attached hydrogen (secondary N) is 1. The molecule has 1 aliphatic rings. The minimum absolute atomic E-state index is 0.122. The molecule has 0 radical (unpaired) electrons. The Hall–Kier alpha value is -4.78. The van der Waals surface area contributed by atoms with Crippen LogP contribution in [0.25, 0.3) is 11.8 Å². The van der Waals surface area contributed by atoms with Gasteiger partial charge in [0.2, 0.25) is 0 Å². The van der Waals surface area contributed by atoms with Gasteiger partial charge in [-0.2, -0.15) is 5.26 Å². The number of amides is 2. The molecule has 2 heterocycles. The van der Waals surface area contributed by atoms with Gasteiger partial charge >= 0.3 is 0 Å². The third-order valence-corrected chi connectivity index (χ3v) is 7.23. The van der Waals surface area contributed by atoms with Crippen LogP contribution in [0.1, 0.15) is 28.1 Å². The second kappa shape index (κ2) is 11.4. The van der Waals surface area contributed by atoms with Crippen molar-refractivity contribution in [3.05, 3.63) is 117 Å². The average molecular weight is 585 g/mol. The van der Waals surface area contributed by atoms with Crippen LogP contribution in [0.5, 0.6) is 5.75 Å². The van der Waals surface area contributed by atoms with Gasteiger partial charge in [0.1, 0.15) is 23.7 Å². The van der Waals surface area contributed by atoms with Gasteiger partial charge in [-0.1, -0.05) is 29.8 Å². The third kappa shape index (κ3) is 5.48. The predicted molar refractivity (Wildman–Crippen MR) is 158 cm³/mol. The van der Waals surface area contributed by atoms with E-state index in [4.69, 9.17) is 28.6 Å². The monoisotopic (exact) mass is 584 g/mol.